The summed E-state index contributed by atoms with van der Waals surface area (Å²) in [6.45, 7) is 4.01. The molecule has 1 aromatic heterocycles. The number of rotatable bonds is 11. The van der Waals surface area contributed by atoms with Gasteiger partial charge in [-0.2, -0.15) is 0 Å². The van der Waals surface area contributed by atoms with Crippen molar-refractivity contribution in [1.29, 1.82) is 0 Å². The Bertz CT molecular complexity index is 893. The summed E-state index contributed by atoms with van der Waals surface area (Å²) in [4.78, 5) is 31.4. The van der Waals surface area contributed by atoms with Gasteiger partial charge in [0, 0.05) is 37.6 Å². The van der Waals surface area contributed by atoms with Crippen molar-refractivity contribution in [3.05, 3.63) is 57.5 Å². The monoisotopic (exact) mass is 474 g/mol. The molecule has 1 aromatic carbocycles. The lowest BCUT2D eigenvalue weighted by molar-refractivity contribution is -0.144. The zero-order valence-electron chi connectivity index (χ0n) is 19.7. The zero-order chi connectivity index (χ0) is 23.6. The number of hydrogen-bond acceptors (Lipinski definition) is 4. The minimum absolute atomic E-state index is 0.0131. The van der Waals surface area contributed by atoms with E-state index in [1.807, 2.05) is 18.4 Å². The van der Waals surface area contributed by atoms with Crippen molar-refractivity contribution in [3.8, 4) is 0 Å². The molecule has 1 aliphatic rings. The van der Waals surface area contributed by atoms with Crippen molar-refractivity contribution in [1.82, 2.24) is 9.80 Å². The zero-order valence-corrected chi connectivity index (χ0v) is 20.5. The van der Waals surface area contributed by atoms with E-state index in [0.29, 0.717) is 32.7 Å². The third-order valence-electron chi connectivity index (χ3n) is 6.31. The van der Waals surface area contributed by atoms with Crippen LogP contribution in [0.4, 0.5) is 4.39 Å². The summed E-state index contributed by atoms with van der Waals surface area (Å²) in [5.41, 5.74) is 2.01. The van der Waals surface area contributed by atoms with Gasteiger partial charge < -0.3 is 14.5 Å². The van der Waals surface area contributed by atoms with Gasteiger partial charge in [0.15, 0.2) is 0 Å². The average molecular weight is 475 g/mol. The number of hydrogen-bond donors (Lipinski definition) is 0. The molecular formula is C26H35FN2O3S. The molecule has 0 N–H and O–H groups in total. The van der Waals surface area contributed by atoms with E-state index in [1.165, 1.54) is 18.6 Å². The number of carbonyl (C=O) groups excluding carboxylic acids is 2. The number of halogens is 1. The fourth-order valence-corrected chi connectivity index (χ4v) is 5.24. The first-order chi connectivity index (χ1) is 16.0. The second-order valence-electron chi connectivity index (χ2n) is 8.84. The number of benzene rings is 1. The Morgan fingerprint density at radius 1 is 1.06 bits per heavy atom. The lowest BCUT2D eigenvalue weighted by atomic mass is 9.88. The fourth-order valence-electron chi connectivity index (χ4n) is 4.32. The molecule has 0 radical (unpaired) electrons. The van der Waals surface area contributed by atoms with Gasteiger partial charge in [0.2, 0.25) is 11.8 Å². The molecule has 180 valence electrons. The highest BCUT2D eigenvalue weighted by Gasteiger charge is 2.28. The molecule has 0 unspecified atom stereocenters. The highest BCUT2D eigenvalue weighted by Crippen LogP contribution is 2.26. The van der Waals surface area contributed by atoms with Crippen molar-refractivity contribution < 1.29 is 18.7 Å². The van der Waals surface area contributed by atoms with Crippen LogP contribution in [0.15, 0.2) is 35.7 Å². The van der Waals surface area contributed by atoms with Gasteiger partial charge in [-0.1, -0.05) is 31.4 Å². The summed E-state index contributed by atoms with van der Waals surface area (Å²) in [7, 11) is 1.65. The largest absolute Gasteiger partial charge is 0.385 e. The van der Waals surface area contributed by atoms with E-state index in [4.69, 9.17) is 4.74 Å². The average Bonchev–Trinajstić information content (AvgIpc) is 3.23. The number of ether oxygens (including phenoxy) is 1. The van der Waals surface area contributed by atoms with E-state index >= 15 is 0 Å². The number of methoxy groups -OCH3 is 1. The Labute approximate surface area is 200 Å². The quantitative estimate of drug-likeness (QED) is 0.422. The molecule has 2 amide bonds. The topological polar surface area (TPSA) is 49.9 Å². The maximum absolute atomic E-state index is 13.5. The Balaban J connectivity index is 1.75. The van der Waals surface area contributed by atoms with Gasteiger partial charge in [0.1, 0.15) is 5.82 Å². The van der Waals surface area contributed by atoms with Gasteiger partial charge >= 0.3 is 0 Å². The van der Waals surface area contributed by atoms with Crippen LogP contribution in [0.1, 0.15) is 54.5 Å². The number of thiophene rings is 1. The Morgan fingerprint density at radius 3 is 2.42 bits per heavy atom. The van der Waals surface area contributed by atoms with E-state index < -0.39 is 0 Å². The molecule has 33 heavy (non-hydrogen) atoms. The summed E-state index contributed by atoms with van der Waals surface area (Å²) in [6.07, 6.45) is 5.83. The molecule has 0 atom stereocenters. The third kappa shape index (κ3) is 7.64. The van der Waals surface area contributed by atoms with Crippen molar-refractivity contribution in [3.63, 3.8) is 0 Å². The van der Waals surface area contributed by atoms with Gasteiger partial charge in [-0.25, -0.2) is 4.39 Å². The highest BCUT2D eigenvalue weighted by molar-refractivity contribution is 7.10. The van der Waals surface area contributed by atoms with Crippen molar-refractivity contribution in [2.24, 2.45) is 5.92 Å². The van der Waals surface area contributed by atoms with Crippen molar-refractivity contribution >= 4 is 23.2 Å². The van der Waals surface area contributed by atoms with Crippen LogP contribution in [-0.2, 0) is 27.4 Å². The van der Waals surface area contributed by atoms with Crippen LogP contribution in [-0.4, -0.2) is 48.4 Å². The molecule has 7 heteroatoms. The Kier molecular flexibility index (Phi) is 9.88. The van der Waals surface area contributed by atoms with Crippen LogP contribution in [0, 0.1) is 18.7 Å². The van der Waals surface area contributed by atoms with Gasteiger partial charge in [-0.3, -0.25) is 9.59 Å². The second-order valence-corrected chi connectivity index (χ2v) is 9.84. The van der Waals surface area contributed by atoms with E-state index in [2.05, 4.69) is 0 Å². The van der Waals surface area contributed by atoms with Gasteiger partial charge in [-0.05, 0) is 60.9 Å². The molecule has 0 spiro atoms. The van der Waals surface area contributed by atoms with Crippen molar-refractivity contribution in [2.75, 3.05) is 26.8 Å². The number of nitrogens with zero attached hydrogens (tertiary/aromatic N) is 2. The number of amides is 2. The SMILES string of the molecule is COCCCN(CC(=O)N(Cc1ccc(F)cc1)Cc1sccc1C)C(=O)C1CCCCC1. The molecule has 2 aromatic rings. The molecule has 0 aliphatic heterocycles. The summed E-state index contributed by atoms with van der Waals surface area (Å²) >= 11 is 1.62. The standard InChI is InChI=1S/C26H35FN2O3S/c1-20-13-16-33-24(20)18-29(17-21-9-11-23(27)12-10-21)25(30)19-28(14-6-15-32-2)26(31)22-7-4-3-5-8-22/h9-13,16,22H,3-8,14-15,17-19H2,1-2H3. The first-order valence-electron chi connectivity index (χ1n) is 11.8. The van der Waals surface area contributed by atoms with Crippen LogP contribution in [0.5, 0.6) is 0 Å². The number of carbonyl (C=O) groups is 2. The smallest absolute Gasteiger partial charge is 0.242 e. The Morgan fingerprint density at radius 2 is 1.79 bits per heavy atom. The third-order valence-corrected chi connectivity index (χ3v) is 7.32. The highest BCUT2D eigenvalue weighted by atomic mass is 32.1. The Hall–Kier alpha value is -2.25. The van der Waals surface area contributed by atoms with Crippen LogP contribution in [0.25, 0.3) is 0 Å². The maximum Gasteiger partial charge on any atom is 0.242 e. The molecular weight excluding hydrogens is 439 g/mol. The lowest BCUT2D eigenvalue weighted by Gasteiger charge is -2.31. The minimum atomic E-state index is -0.298. The van der Waals surface area contributed by atoms with E-state index in [0.717, 1.165) is 41.7 Å². The minimum Gasteiger partial charge on any atom is -0.385 e. The van der Waals surface area contributed by atoms with Crippen molar-refractivity contribution in [2.45, 2.75) is 58.5 Å². The molecule has 1 saturated carbocycles. The van der Waals surface area contributed by atoms with E-state index in [1.54, 1.807) is 40.4 Å². The van der Waals surface area contributed by atoms with Crippen LogP contribution >= 0.6 is 11.3 Å². The van der Waals surface area contributed by atoms with Crippen LogP contribution < -0.4 is 0 Å². The first kappa shape index (κ1) is 25.4. The molecule has 1 aliphatic carbocycles. The lowest BCUT2D eigenvalue weighted by Crippen LogP contribution is -2.45. The summed E-state index contributed by atoms with van der Waals surface area (Å²) in [6, 6.07) is 8.29. The second kappa shape index (κ2) is 12.8. The molecule has 1 heterocycles. The van der Waals surface area contributed by atoms with Gasteiger partial charge in [-0.15, -0.1) is 11.3 Å². The van der Waals surface area contributed by atoms with Gasteiger partial charge in [0.25, 0.3) is 0 Å². The summed E-state index contributed by atoms with van der Waals surface area (Å²) in [5, 5.41) is 2.02. The first-order valence-corrected chi connectivity index (χ1v) is 12.7. The predicted octanol–water partition coefficient (Wildman–Crippen LogP) is 5.17. The summed E-state index contributed by atoms with van der Waals surface area (Å²) < 4.78 is 18.6. The van der Waals surface area contributed by atoms with Crippen LogP contribution in [0.3, 0.4) is 0 Å². The van der Waals surface area contributed by atoms with E-state index in [9.17, 15) is 14.0 Å². The normalized spacial score (nSPS) is 14.3. The molecule has 0 saturated heterocycles. The molecule has 0 bridgehead atoms. The fraction of sp³-hybridized carbons (Fsp3) is 0.538. The molecule has 3 rings (SSSR count). The summed E-state index contributed by atoms with van der Waals surface area (Å²) in [5.74, 6) is -0.283. The van der Waals surface area contributed by atoms with Gasteiger partial charge in [0.05, 0.1) is 13.1 Å². The number of aryl methyl sites for hydroxylation is 1. The van der Waals surface area contributed by atoms with E-state index in [-0.39, 0.29) is 30.1 Å². The molecule has 1 fully saturated rings. The molecule has 5 nitrogen and oxygen atoms in total. The maximum atomic E-state index is 13.5. The predicted molar refractivity (Wildman–Crippen MR) is 129 cm³/mol. The van der Waals surface area contributed by atoms with Crippen LogP contribution in [0.2, 0.25) is 0 Å².